The molecule has 2 unspecified atom stereocenters. The fourth-order valence-electron chi connectivity index (χ4n) is 12.7. The van der Waals surface area contributed by atoms with Gasteiger partial charge in [0.1, 0.15) is 45.4 Å². The van der Waals surface area contributed by atoms with Crippen molar-refractivity contribution in [3.05, 3.63) is 119 Å². The Kier molecular flexibility index (Phi) is 67.0. The van der Waals surface area contributed by atoms with Crippen molar-refractivity contribution in [1.82, 2.24) is 10.6 Å². The van der Waals surface area contributed by atoms with Gasteiger partial charge in [0.25, 0.3) is 0 Å². The SMILES string of the molecule is C1CCOC1.CC(C)(C)OC(=O)NCC(=O)Cc1cccc(OCC2CCCCC2)c1.CC(C)(C)OC(=O)NCC(O)Cc1cccc(OCC2CCCCC2)c1.CC(C)(C)OC(=O)OC(=O)OC(C)(C)C.CCO.CPC.Cl.Cl.ClCCl.NCC(=O)Cc1cccc(OCC2CCCCC2)c1.NCC(O)Cc1cccc(OCC2CCCCC2)c1. The fraction of sp³-hybridized carbons (Fsp3) is 0.677. The minimum absolute atomic E-state index is 0. The number of carbonyl (C=O) groups is 6. The molecule has 2 atom stereocenters. The van der Waals surface area contributed by atoms with E-state index < -0.39 is 59.1 Å². The first-order valence-electron chi connectivity index (χ1n) is 43.1. The second-order valence-corrected chi connectivity index (χ2v) is 36.3. The number of halogens is 4. The highest BCUT2D eigenvalue weighted by molar-refractivity contribution is 7.35. The van der Waals surface area contributed by atoms with E-state index in [1.807, 2.05) is 118 Å². The Bertz CT molecular complexity index is 3290. The maximum absolute atomic E-state index is 12.1. The Morgan fingerprint density at radius 1 is 0.455 bits per heavy atom. The van der Waals surface area contributed by atoms with Crippen molar-refractivity contribution in [2.24, 2.45) is 35.1 Å². The van der Waals surface area contributed by atoms with Gasteiger partial charge in [-0.1, -0.05) is 126 Å². The molecule has 1 aliphatic heterocycles. The third-order valence-electron chi connectivity index (χ3n) is 18.2. The number of nitrogens with two attached hydrogens (primary N) is 2. The molecule has 0 spiro atoms. The molecule has 4 aliphatic carbocycles. The summed E-state index contributed by atoms with van der Waals surface area (Å²) in [6, 6.07) is 31.3. The van der Waals surface area contributed by atoms with Crippen LogP contribution in [0.1, 0.15) is 254 Å². The monoisotopic (exact) mass is 1800 g/mol. The summed E-state index contributed by atoms with van der Waals surface area (Å²) in [5.41, 5.74) is 12.2. The minimum atomic E-state index is -1.06. The average Bonchev–Trinajstić information content (AvgIpc) is 1.22. The Balaban J connectivity index is 0. The number of rotatable bonds is 26. The van der Waals surface area contributed by atoms with E-state index in [1.54, 1.807) is 69.2 Å². The van der Waals surface area contributed by atoms with E-state index in [0.29, 0.717) is 49.5 Å². The normalized spacial score (nSPS) is 15.2. The maximum Gasteiger partial charge on any atom is 0.519 e. The molecule has 28 heteroatoms. The summed E-state index contributed by atoms with van der Waals surface area (Å²) in [4.78, 5) is 68.7. The van der Waals surface area contributed by atoms with Gasteiger partial charge in [0.05, 0.1) is 57.1 Å². The number of amides is 2. The number of aliphatic hydroxyl groups excluding tert-OH is 3. The van der Waals surface area contributed by atoms with Crippen LogP contribution >= 0.6 is 56.6 Å². The van der Waals surface area contributed by atoms with E-state index >= 15 is 0 Å². The van der Waals surface area contributed by atoms with Crippen molar-refractivity contribution < 1.29 is 91.5 Å². The lowest BCUT2D eigenvalue weighted by molar-refractivity contribution is -0.118. The molecule has 694 valence electrons. The van der Waals surface area contributed by atoms with Crippen LogP contribution in [0.15, 0.2) is 97.1 Å². The van der Waals surface area contributed by atoms with Gasteiger partial charge < -0.3 is 84.8 Å². The first kappa shape index (κ1) is 117. The molecule has 23 nitrogen and oxygen atoms in total. The predicted molar refractivity (Wildman–Crippen MR) is 495 cm³/mol. The smallest absolute Gasteiger partial charge is 0.493 e. The number of hydrogen-bond acceptors (Lipinski definition) is 21. The molecule has 9 N–H and O–H groups in total. The summed E-state index contributed by atoms with van der Waals surface area (Å²) < 4.78 is 52.7. The van der Waals surface area contributed by atoms with Crippen molar-refractivity contribution in [3.63, 3.8) is 0 Å². The molecule has 4 aromatic carbocycles. The molecule has 5 fully saturated rings. The number of alkyl halides is 2. The van der Waals surface area contributed by atoms with Gasteiger partial charge in [-0.05, 0) is 268 Å². The van der Waals surface area contributed by atoms with Gasteiger partial charge in [0.15, 0.2) is 11.6 Å². The molecule has 4 aromatic rings. The van der Waals surface area contributed by atoms with Crippen LogP contribution in [-0.4, -0.2) is 177 Å². The van der Waals surface area contributed by atoms with Crippen LogP contribution in [-0.2, 0) is 63.7 Å². The zero-order valence-corrected chi connectivity index (χ0v) is 79.8. The van der Waals surface area contributed by atoms with Crippen molar-refractivity contribution in [1.29, 1.82) is 0 Å². The fourth-order valence-corrected chi connectivity index (χ4v) is 12.7. The maximum atomic E-state index is 12.1. The number of benzene rings is 4. The second-order valence-electron chi connectivity index (χ2n) is 34.4. The third-order valence-corrected chi connectivity index (χ3v) is 18.2. The Labute approximate surface area is 750 Å². The molecule has 0 radical (unpaired) electrons. The van der Waals surface area contributed by atoms with E-state index in [9.17, 15) is 39.0 Å². The highest BCUT2D eigenvalue weighted by atomic mass is 35.5. The van der Waals surface area contributed by atoms with Crippen LogP contribution in [0.5, 0.6) is 23.0 Å². The lowest BCUT2D eigenvalue weighted by atomic mass is 9.90. The molecule has 9 rings (SSSR count). The van der Waals surface area contributed by atoms with Crippen molar-refractivity contribution >= 4 is 92.7 Å². The topological polar surface area (TPSA) is 332 Å². The number of Topliss-reactive ketones (excluding diaryl/α,β-unsaturated/α-hetero) is 2. The van der Waals surface area contributed by atoms with E-state index in [-0.39, 0.29) is 74.4 Å². The Morgan fingerprint density at radius 3 is 1.02 bits per heavy atom. The number of hydrogen-bond donors (Lipinski definition) is 7. The molecular weight excluding hydrogens is 1650 g/mol. The van der Waals surface area contributed by atoms with Crippen LogP contribution in [0.25, 0.3) is 0 Å². The van der Waals surface area contributed by atoms with Gasteiger partial charge in [0.2, 0.25) is 0 Å². The Hall–Kier alpha value is -5.95. The van der Waals surface area contributed by atoms with Crippen LogP contribution in [0.3, 0.4) is 0 Å². The summed E-state index contributed by atoms with van der Waals surface area (Å²) in [6.07, 6.45) is 26.1. The number of aliphatic hydroxyl groups is 3. The number of ether oxygens (including phenoxy) is 10. The van der Waals surface area contributed by atoms with Gasteiger partial charge in [-0.25, -0.2) is 19.2 Å². The summed E-state index contributed by atoms with van der Waals surface area (Å²) in [5.74, 6) is 6.14. The quantitative estimate of drug-likeness (QED) is 0.0101. The zero-order chi connectivity index (χ0) is 88.9. The number of carbonyl (C=O) groups excluding carboxylic acids is 6. The van der Waals surface area contributed by atoms with Crippen molar-refractivity contribution in [3.8, 4) is 23.0 Å². The minimum Gasteiger partial charge on any atom is -0.493 e. The molecule has 4 saturated carbocycles. The van der Waals surface area contributed by atoms with E-state index in [2.05, 4.69) is 28.7 Å². The van der Waals surface area contributed by atoms with E-state index in [4.69, 9.17) is 82.4 Å². The predicted octanol–water partition coefficient (Wildman–Crippen LogP) is 20.4. The lowest BCUT2D eigenvalue weighted by Crippen LogP contribution is -2.37. The number of ketones is 2. The highest BCUT2D eigenvalue weighted by Crippen LogP contribution is 2.30. The van der Waals surface area contributed by atoms with Crippen LogP contribution < -0.4 is 41.0 Å². The van der Waals surface area contributed by atoms with Gasteiger partial charge in [-0.2, -0.15) is 0 Å². The van der Waals surface area contributed by atoms with Crippen LogP contribution in [0.2, 0.25) is 0 Å². The van der Waals surface area contributed by atoms with Gasteiger partial charge in [0, 0.05) is 52.2 Å². The lowest BCUT2D eigenvalue weighted by Gasteiger charge is -2.22. The Morgan fingerprint density at radius 2 is 0.736 bits per heavy atom. The zero-order valence-electron chi connectivity index (χ0n) is 75.7. The first-order valence-corrected chi connectivity index (χ1v) is 46.1. The molecule has 2 amide bonds. The van der Waals surface area contributed by atoms with Crippen molar-refractivity contribution in [2.45, 2.75) is 292 Å². The highest BCUT2D eigenvalue weighted by Gasteiger charge is 2.26. The number of alkyl carbamates (subject to hydrolysis) is 2. The van der Waals surface area contributed by atoms with E-state index in [1.165, 1.54) is 141 Å². The largest absolute Gasteiger partial charge is 0.519 e. The average molecular weight is 1810 g/mol. The van der Waals surface area contributed by atoms with Crippen LogP contribution in [0, 0.1) is 23.7 Å². The number of nitrogens with one attached hydrogen (secondary N) is 2. The molecule has 0 aromatic heterocycles. The van der Waals surface area contributed by atoms with E-state index in [0.717, 1.165) is 93.5 Å². The molecule has 0 bridgehead atoms. The molecule has 5 aliphatic rings. The standard InChI is InChI=1S/C21H33NO4.C21H31NO4.C16H25NO2.C16H23NO2.C10H18O5.C4H8O.C2H6O.C2H7P.CH2Cl2.2ClH/c2*1-21(2,3)26-20(24)22-14-18(23)12-17-10-7-11-19(13-17)25-15-16-8-5-4-6-9-16;2*17-11-15(18)9-14-7-4-8-16(10-14)19-12-13-5-2-1-3-6-13;1-9(2,3)14-7(11)13-8(12)15-10(4,5)6;1-2-4-5-3-1;1-2-3;1-3-2;2-1-3;;/h7,10-11,13,16,18,23H,4-6,8-9,12,14-15H2,1-3H3,(H,22,24);7,10-11,13,16H,4-6,8-9,12,14-15H2,1-3H3,(H,22,24);4,7-8,10,13,15,18H,1-3,5-6,9,11-12,17H2;4,7-8,10,13H,1-3,5-6,9,11-12,17H2;1-6H3;1-4H2;3H,2H2,1H3;3H,1-2H3;1H2;2*1H. The molecule has 1 heterocycles. The summed E-state index contributed by atoms with van der Waals surface area (Å²) >= 11 is 9.53. The molecule has 1 saturated heterocycles. The second kappa shape index (κ2) is 69.3. The van der Waals surface area contributed by atoms with Crippen LogP contribution in [0.4, 0.5) is 19.2 Å². The first-order chi connectivity index (χ1) is 56.4. The summed E-state index contributed by atoms with van der Waals surface area (Å²) in [6.45, 7) is 32.7. The van der Waals surface area contributed by atoms with Gasteiger partial charge in [-0.15, -0.1) is 56.6 Å². The summed E-state index contributed by atoms with van der Waals surface area (Å²) in [5, 5.41) is 32.6. The van der Waals surface area contributed by atoms with Crippen molar-refractivity contribution in [2.75, 3.05) is 91.1 Å². The third kappa shape index (κ3) is 68.1. The van der Waals surface area contributed by atoms with Gasteiger partial charge in [-0.3, -0.25) is 9.59 Å². The summed E-state index contributed by atoms with van der Waals surface area (Å²) in [7, 11) is 1.08. The van der Waals surface area contributed by atoms with Gasteiger partial charge >= 0.3 is 24.5 Å². The molecule has 121 heavy (non-hydrogen) atoms. The molecular formula is C93H155Cl4N4O19P.